The van der Waals surface area contributed by atoms with Crippen molar-refractivity contribution < 1.29 is 9.59 Å². The zero-order valence-electron chi connectivity index (χ0n) is 19.4. The summed E-state index contributed by atoms with van der Waals surface area (Å²) in [6.07, 6.45) is 1.79. The Labute approximate surface area is 199 Å². The summed E-state index contributed by atoms with van der Waals surface area (Å²) < 4.78 is 0. The van der Waals surface area contributed by atoms with Gasteiger partial charge >= 0.3 is 0 Å². The highest BCUT2D eigenvalue weighted by molar-refractivity contribution is 6.45. The highest BCUT2D eigenvalue weighted by Crippen LogP contribution is 2.36. The first-order valence-electron chi connectivity index (χ1n) is 11.4. The molecule has 34 heavy (non-hydrogen) atoms. The first-order valence-corrected chi connectivity index (χ1v) is 11.4. The quantitative estimate of drug-likeness (QED) is 0.553. The van der Waals surface area contributed by atoms with Crippen LogP contribution in [0.4, 0.5) is 17.2 Å². The molecule has 0 radical (unpaired) electrons. The molecule has 0 saturated carbocycles. The van der Waals surface area contributed by atoms with Crippen LogP contribution in [0.5, 0.6) is 0 Å². The molecule has 1 aromatic heterocycles. The van der Waals surface area contributed by atoms with E-state index < -0.39 is 0 Å². The zero-order valence-corrected chi connectivity index (χ0v) is 19.4. The molecule has 0 spiro atoms. The van der Waals surface area contributed by atoms with Gasteiger partial charge in [-0.2, -0.15) is 0 Å². The molecule has 7 nitrogen and oxygen atoms in total. The average molecular weight is 454 g/mol. The lowest BCUT2D eigenvalue weighted by Crippen LogP contribution is -2.48. The Morgan fingerprint density at radius 3 is 2.15 bits per heavy atom. The van der Waals surface area contributed by atoms with Crippen molar-refractivity contribution in [3.05, 3.63) is 90.3 Å². The standard InChI is InChI=1S/C27H27N5O2/c1-29(2)21-11-8-12-22(19-21)32-26(33)24(20-9-4-3-5-10-20)25(27(32)34)31-17-15-30(16-18-31)23-13-6-7-14-28-23/h3-14,19H,15-18H2,1-2H3. The lowest BCUT2D eigenvalue weighted by atomic mass is 10.0. The molecule has 2 aliphatic rings. The van der Waals surface area contributed by atoms with Gasteiger partial charge in [0.15, 0.2) is 0 Å². The Balaban J connectivity index is 1.49. The molecule has 3 heterocycles. The van der Waals surface area contributed by atoms with Crippen molar-refractivity contribution in [1.82, 2.24) is 9.88 Å². The number of carbonyl (C=O) groups is 2. The van der Waals surface area contributed by atoms with Crippen LogP contribution in [0.15, 0.2) is 84.7 Å². The van der Waals surface area contributed by atoms with Crippen LogP contribution in [0.1, 0.15) is 5.56 Å². The van der Waals surface area contributed by atoms with Gasteiger partial charge in [0.1, 0.15) is 11.5 Å². The van der Waals surface area contributed by atoms with Crippen LogP contribution in [-0.2, 0) is 9.59 Å². The third-order valence-corrected chi connectivity index (χ3v) is 6.30. The number of aromatic nitrogens is 1. The Bertz CT molecular complexity index is 1230. The number of imide groups is 1. The second-order valence-electron chi connectivity index (χ2n) is 8.61. The molecule has 0 unspecified atom stereocenters. The van der Waals surface area contributed by atoms with Crippen LogP contribution < -0.4 is 14.7 Å². The Hall–Kier alpha value is -4.13. The summed E-state index contributed by atoms with van der Waals surface area (Å²) in [6, 6.07) is 22.9. The van der Waals surface area contributed by atoms with Gasteiger partial charge in [-0.05, 0) is 35.9 Å². The number of rotatable bonds is 5. The minimum atomic E-state index is -0.283. The van der Waals surface area contributed by atoms with Crippen LogP contribution in [0.2, 0.25) is 0 Å². The Kier molecular flexibility index (Phi) is 5.76. The lowest BCUT2D eigenvalue weighted by Gasteiger charge is -2.37. The molecule has 0 atom stereocenters. The van der Waals surface area contributed by atoms with Crippen LogP contribution in [-0.4, -0.2) is 62.0 Å². The summed E-state index contributed by atoms with van der Waals surface area (Å²) in [5, 5.41) is 0. The number of pyridine rings is 1. The maximum Gasteiger partial charge on any atom is 0.282 e. The number of amides is 2. The minimum absolute atomic E-state index is 0.272. The largest absolute Gasteiger partial charge is 0.378 e. The van der Waals surface area contributed by atoms with Crippen molar-refractivity contribution >= 4 is 34.6 Å². The number of piperazine rings is 1. The summed E-state index contributed by atoms with van der Waals surface area (Å²) >= 11 is 0. The monoisotopic (exact) mass is 453 g/mol. The van der Waals surface area contributed by atoms with Crippen molar-refractivity contribution in [3.8, 4) is 0 Å². The van der Waals surface area contributed by atoms with Crippen LogP contribution in [0.3, 0.4) is 0 Å². The van der Waals surface area contributed by atoms with Gasteiger partial charge in [0, 0.05) is 52.2 Å². The molecule has 3 aromatic rings. The number of hydrogen-bond donors (Lipinski definition) is 0. The first kappa shape index (κ1) is 21.7. The number of nitrogens with zero attached hydrogens (tertiary/aromatic N) is 5. The molecule has 0 N–H and O–H groups in total. The highest BCUT2D eigenvalue weighted by Gasteiger charge is 2.43. The second-order valence-corrected chi connectivity index (χ2v) is 8.61. The van der Waals surface area contributed by atoms with E-state index >= 15 is 0 Å². The SMILES string of the molecule is CN(C)c1cccc(N2C(=O)C(c3ccccc3)=C(N3CCN(c4ccccn4)CC3)C2=O)c1. The van der Waals surface area contributed by atoms with E-state index in [1.807, 2.05) is 91.8 Å². The van der Waals surface area contributed by atoms with E-state index in [1.54, 1.807) is 6.20 Å². The van der Waals surface area contributed by atoms with Gasteiger partial charge in [0.25, 0.3) is 11.8 Å². The predicted octanol–water partition coefficient (Wildman–Crippen LogP) is 3.25. The lowest BCUT2D eigenvalue weighted by molar-refractivity contribution is -0.120. The van der Waals surface area contributed by atoms with E-state index in [9.17, 15) is 9.59 Å². The summed E-state index contributed by atoms with van der Waals surface area (Å²) in [6.45, 7) is 2.71. The predicted molar refractivity (Wildman–Crippen MR) is 135 cm³/mol. The maximum absolute atomic E-state index is 13.8. The topological polar surface area (TPSA) is 60.0 Å². The zero-order chi connectivity index (χ0) is 23.7. The van der Waals surface area contributed by atoms with E-state index in [2.05, 4.69) is 14.8 Å². The van der Waals surface area contributed by atoms with Gasteiger partial charge in [0.05, 0.1) is 11.3 Å². The van der Waals surface area contributed by atoms with E-state index in [0.29, 0.717) is 30.0 Å². The molecule has 1 saturated heterocycles. The normalized spacial score (nSPS) is 16.5. The van der Waals surface area contributed by atoms with Gasteiger partial charge in [-0.3, -0.25) is 9.59 Å². The van der Waals surface area contributed by atoms with E-state index in [4.69, 9.17) is 0 Å². The maximum atomic E-state index is 13.8. The third-order valence-electron chi connectivity index (χ3n) is 6.30. The molecule has 2 aliphatic heterocycles. The Morgan fingerprint density at radius 1 is 0.765 bits per heavy atom. The molecular weight excluding hydrogens is 426 g/mol. The molecule has 2 aromatic carbocycles. The van der Waals surface area contributed by atoms with Crippen molar-refractivity contribution in [2.45, 2.75) is 0 Å². The molecule has 2 amide bonds. The summed E-state index contributed by atoms with van der Waals surface area (Å²) in [5.41, 5.74) is 3.21. The van der Waals surface area contributed by atoms with E-state index in [1.165, 1.54) is 4.90 Å². The van der Waals surface area contributed by atoms with Crippen molar-refractivity contribution in [3.63, 3.8) is 0 Å². The fourth-order valence-electron chi connectivity index (χ4n) is 4.52. The minimum Gasteiger partial charge on any atom is -0.378 e. The number of benzene rings is 2. The molecule has 0 aliphatic carbocycles. The number of anilines is 3. The third kappa shape index (κ3) is 3.90. The van der Waals surface area contributed by atoms with Crippen LogP contribution in [0.25, 0.3) is 5.57 Å². The first-order chi connectivity index (χ1) is 16.5. The molecule has 0 bridgehead atoms. The summed E-state index contributed by atoms with van der Waals surface area (Å²) in [4.78, 5) is 39.5. The smallest absolute Gasteiger partial charge is 0.282 e. The van der Waals surface area contributed by atoms with Crippen LogP contribution >= 0.6 is 0 Å². The molecular formula is C27H27N5O2. The fourth-order valence-corrected chi connectivity index (χ4v) is 4.52. The Morgan fingerprint density at radius 2 is 1.47 bits per heavy atom. The van der Waals surface area contributed by atoms with Gasteiger partial charge < -0.3 is 14.7 Å². The molecule has 172 valence electrons. The van der Waals surface area contributed by atoms with Crippen LogP contribution in [0, 0.1) is 0 Å². The van der Waals surface area contributed by atoms with E-state index in [0.717, 1.165) is 30.2 Å². The summed E-state index contributed by atoms with van der Waals surface area (Å²) in [5.74, 6) is 0.371. The molecule has 7 heteroatoms. The van der Waals surface area contributed by atoms with Gasteiger partial charge in [-0.15, -0.1) is 0 Å². The van der Waals surface area contributed by atoms with E-state index in [-0.39, 0.29) is 11.8 Å². The number of hydrogen-bond acceptors (Lipinski definition) is 6. The van der Waals surface area contributed by atoms with Gasteiger partial charge in [-0.25, -0.2) is 9.88 Å². The number of carbonyl (C=O) groups excluding carboxylic acids is 2. The second kappa shape index (κ2) is 9.02. The average Bonchev–Trinajstić information content (AvgIpc) is 3.15. The fraction of sp³-hybridized carbons (Fsp3) is 0.222. The molecule has 1 fully saturated rings. The van der Waals surface area contributed by atoms with Crippen molar-refractivity contribution in [1.29, 1.82) is 0 Å². The van der Waals surface area contributed by atoms with Crippen molar-refractivity contribution in [2.75, 3.05) is 55.0 Å². The van der Waals surface area contributed by atoms with Gasteiger partial charge in [0.2, 0.25) is 0 Å². The van der Waals surface area contributed by atoms with Crippen molar-refractivity contribution in [2.24, 2.45) is 0 Å². The van der Waals surface area contributed by atoms with Gasteiger partial charge in [-0.1, -0.05) is 42.5 Å². The molecule has 5 rings (SSSR count). The highest BCUT2D eigenvalue weighted by atomic mass is 16.2. The summed E-state index contributed by atoms with van der Waals surface area (Å²) in [7, 11) is 3.87.